The fourth-order valence-electron chi connectivity index (χ4n) is 2.22. The highest BCUT2D eigenvalue weighted by Gasteiger charge is 2.14. The fourth-order valence-corrected chi connectivity index (χ4v) is 2.48. The van der Waals surface area contributed by atoms with Gasteiger partial charge in [0.15, 0.2) is 5.82 Å². The Morgan fingerprint density at radius 1 is 1.14 bits per heavy atom. The molecule has 2 aromatic carbocycles. The van der Waals surface area contributed by atoms with E-state index in [0.717, 1.165) is 11.1 Å². The predicted molar refractivity (Wildman–Crippen MR) is 81.2 cm³/mol. The van der Waals surface area contributed by atoms with Crippen LogP contribution in [0.2, 0.25) is 5.15 Å². The molecule has 0 amide bonds. The number of benzene rings is 2. The summed E-state index contributed by atoms with van der Waals surface area (Å²) in [6, 6.07) is 10.3. The summed E-state index contributed by atoms with van der Waals surface area (Å²) in [6.45, 7) is 1.96. The second-order valence-electron chi connectivity index (χ2n) is 4.68. The molecule has 3 nitrogen and oxygen atoms in total. The molecule has 0 saturated carbocycles. The SMILES string of the molecule is COc1ccc(C)cc1-c1nc(Cl)c2c(F)cccc2n1. The molecule has 0 radical (unpaired) electrons. The van der Waals surface area contributed by atoms with Crippen LogP contribution in [-0.4, -0.2) is 17.1 Å². The standard InChI is InChI=1S/C16H12ClFN2O/c1-9-6-7-13(21-2)10(8-9)16-19-12-5-3-4-11(18)14(12)15(17)20-16/h3-8H,1-2H3. The monoisotopic (exact) mass is 302 g/mol. The normalized spacial score (nSPS) is 10.9. The zero-order chi connectivity index (χ0) is 15.0. The molecular weight excluding hydrogens is 291 g/mol. The molecule has 0 unspecified atom stereocenters. The first-order valence-corrected chi connectivity index (χ1v) is 6.74. The van der Waals surface area contributed by atoms with Crippen molar-refractivity contribution in [1.29, 1.82) is 0 Å². The van der Waals surface area contributed by atoms with Gasteiger partial charge in [0.25, 0.3) is 0 Å². The predicted octanol–water partition coefficient (Wildman–Crippen LogP) is 4.41. The molecule has 0 N–H and O–H groups in total. The van der Waals surface area contributed by atoms with Gasteiger partial charge in [-0.15, -0.1) is 0 Å². The Hall–Kier alpha value is -2.20. The van der Waals surface area contributed by atoms with Crippen LogP contribution in [-0.2, 0) is 0 Å². The van der Waals surface area contributed by atoms with E-state index in [0.29, 0.717) is 17.1 Å². The quantitative estimate of drug-likeness (QED) is 0.658. The largest absolute Gasteiger partial charge is 0.496 e. The van der Waals surface area contributed by atoms with Gasteiger partial charge in [-0.25, -0.2) is 14.4 Å². The van der Waals surface area contributed by atoms with Gasteiger partial charge in [0.05, 0.1) is 23.6 Å². The molecular formula is C16H12ClFN2O. The van der Waals surface area contributed by atoms with E-state index in [1.165, 1.54) is 6.07 Å². The van der Waals surface area contributed by atoms with Gasteiger partial charge in [-0.1, -0.05) is 29.3 Å². The van der Waals surface area contributed by atoms with Crippen LogP contribution in [0.25, 0.3) is 22.3 Å². The number of hydrogen-bond donors (Lipinski definition) is 0. The van der Waals surface area contributed by atoms with Crippen LogP contribution in [0.3, 0.4) is 0 Å². The van der Waals surface area contributed by atoms with Crippen LogP contribution >= 0.6 is 11.6 Å². The Morgan fingerprint density at radius 3 is 2.71 bits per heavy atom. The number of halogens is 2. The number of aromatic nitrogens is 2. The number of aryl methyl sites for hydroxylation is 1. The Kier molecular flexibility index (Phi) is 3.47. The van der Waals surface area contributed by atoms with Crippen molar-refractivity contribution in [3.8, 4) is 17.1 Å². The summed E-state index contributed by atoms with van der Waals surface area (Å²) >= 11 is 6.12. The number of hydrogen-bond acceptors (Lipinski definition) is 3. The van der Waals surface area contributed by atoms with Crippen LogP contribution < -0.4 is 4.74 Å². The molecule has 0 atom stereocenters. The van der Waals surface area contributed by atoms with Crippen molar-refractivity contribution in [2.24, 2.45) is 0 Å². The topological polar surface area (TPSA) is 35.0 Å². The zero-order valence-electron chi connectivity index (χ0n) is 11.5. The number of ether oxygens (including phenoxy) is 1. The summed E-state index contributed by atoms with van der Waals surface area (Å²) in [5, 5.41) is 0.325. The Labute approximate surface area is 126 Å². The van der Waals surface area contributed by atoms with E-state index in [4.69, 9.17) is 16.3 Å². The van der Waals surface area contributed by atoms with Crippen LogP contribution in [0, 0.1) is 12.7 Å². The molecule has 0 bridgehead atoms. The smallest absolute Gasteiger partial charge is 0.165 e. The highest BCUT2D eigenvalue weighted by Crippen LogP contribution is 2.32. The summed E-state index contributed by atoms with van der Waals surface area (Å²) in [5.41, 5.74) is 2.24. The van der Waals surface area contributed by atoms with Gasteiger partial charge < -0.3 is 4.74 Å². The first-order chi connectivity index (χ1) is 10.1. The van der Waals surface area contributed by atoms with Crippen molar-refractivity contribution >= 4 is 22.5 Å². The van der Waals surface area contributed by atoms with Gasteiger partial charge in [0.1, 0.15) is 16.7 Å². The minimum Gasteiger partial charge on any atom is -0.496 e. The molecule has 1 heterocycles. The van der Waals surface area contributed by atoms with Crippen LogP contribution in [0.4, 0.5) is 4.39 Å². The lowest BCUT2D eigenvalue weighted by Gasteiger charge is -2.10. The summed E-state index contributed by atoms with van der Waals surface area (Å²) in [4.78, 5) is 8.62. The first kappa shape index (κ1) is 13.8. The van der Waals surface area contributed by atoms with E-state index in [-0.39, 0.29) is 10.5 Å². The van der Waals surface area contributed by atoms with Crippen LogP contribution in [0.1, 0.15) is 5.56 Å². The minimum atomic E-state index is -0.430. The van der Waals surface area contributed by atoms with Crippen molar-refractivity contribution in [1.82, 2.24) is 9.97 Å². The van der Waals surface area contributed by atoms with Crippen molar-refractivity contribution in [2.45, 2.75) is 6.92 Å². The zero-order valence-corrected chi connectivity index (χ0v) is 12.3. The van der Waals surface area contributed by atoms with Gasteiger partial charge in [-0.2, -0.15) is 0 Å². The molecule has 5 heteroatoms. The molecule has 0 aliphatic rings. The highest BCUT2D eigenvalue weighted by molar-refractivity contribution is 6.34. The molecule has 21 heavy (non-hydrogen) atoms. The van der Waals surface area contributed by atoms with Crippen molar-refractivity contribution in [3.05, 3.63) is 52.9 Å². The van der Waals surface area contributed by atoms with Crippen molar-refractivity contribution < 1.29 is 9.13 Å². The highest BCUT2D eigenvalue weighted by atomic mass is 35.5. The Bertz CT molecular complexity index is 836. The van der Waals surface area contributed by atoms with Gasteiger partial charge in [0, 0.05) is 0 Å². The molecule has 0 aliphatic heterocycles. The van der Waals surface area contributed by atoms with Gasteiger partial charge in [0.2, 0.25) is 0 Å². The average molecular weight is 303 g/mol. The Balaban J connectivity index is 2.29. The van der Waals surface area contributed by atoms with Crippen LogP contribution in [0.15, 0.2) is 36.4 Å². The maximum absolute atomic E-state index is 13.8. The third-order valence-corrected chi connectivity index (χ3v) is 3.50. The van der Waals surface area contributed by atoms with E-state index in [9.17, 15) is 4.39 Å². The summed E-state index contributed by atoms with van der Waals surface area (Å²) in [5.74, 6) is 0.631. The third-order valence-electron chi connectivity index (χ3n) is 3.22. The third kappa shape index (κ3) is 2.43. The van der Waals surface area contributed by atoms with Crippen molar-refractivity contribution in [3.63, 3.8) is 0 Å². The molecule has 106 valence electrons. The number of methoxy groups -OCH3 is 1. The fraction of sp³-hybridized carbons (Fsp3) is 0.125. The first-order valence-electron chi connectivity index (χ1n) is 6.37. The van der Waals surface area contributed by atoms with Crippen molar-refractivity contribution in [2.75, 3.05) is 7.11 Å². The molecule has 3 aromatic rings. The van der Waals surface area contributed by atoms with Gasteiger partial charge in [-0.3, -0.25) is 0 Å². The van der Waals surface area contributed by atoms with E-state index < -0.39 is 5.82 Å². The van der Waals surface area contributed by atoms with E-state index in [1.807, 2.05) is 25.1 Å². The number of nitrogens with zero attached hydrogens (tertiary/aromatic N) is 2. The lowest BCUT2D eigenvalue weighted by molar-refractivity contribution is 0.416. The lowest BCUT2D eigenvalue weighted by Crippen LogP contribution is -1.96. The maximum atomic E-state index is 13.8. The van der Waals surface area contributed by atoms with E-state index >= 15 is 0 Å². The van der Waals surface area contributed by atoms with Gasteiger partial charge >= 0.3 is 0 Å². The van der Waals surface area contributed by atoms with Gasteiger partial charge in [-0.05, 0) is 31.2 Å². The molecule has 0 aliphatic carbocycles. The molecule has 0 spiro atoms. The van der Waals surface area contributed by atoms with E-state index in [1.54, 1.807) is 19.2 Å². The second kappa shape index (κ2) is 5.30. The van der Waals surface area contributed by atoms with E-state index in [2.05, 4.69) is 9.97 Å². The molecule has 0 saturated heterocycles. The minimum absolute atomic E-state index is 0.0941. The maximum Gasteiger partial charge on any atom is 0.165 e. The molecule has 3 rings (SSSR count). The average Bonchev–Trinajstić information content (AvgIpc) is 2.47. The summed E-state index contributed by atoms with van der Waals surface area (Å²) in [6.07, 6.45) is 0. The Morgan fingerprint density at radius 2 is 1.95 bits per heavy atom. The summed E-state index contributed by atoms with van der Waals surface area (Å²) < 4.78 is 19.1. The molecule has 0 fully saturated rings. The number of fused-ring (bicyclic) bond motifs is 1. The van der Waals surface area contributed by atoms with Crippen LogP contribution in [0.5, 0.6) is 5.75 Å². The lowest BCUT2D eigenvalue weighted by atomic mass is 10.1. The molecule has 1 aromatic heterocycles. The number of rotatable bonds is 2. The summed E-state index contributed by atoms with van der Waals surface area (Å²) in [7, 11) is 1.58. The second-order valence-corrected chi connectivity index (χ2v) is 5.03.